The lowest BCUT2D eigenvalue weighted by molar-refractivity contribution is -0.117. The molecule has 0 aliphatic carbocycles. The van der Waals surface area contributed by atoms with E-state index in [9.17, 15) is 9.59 Å². The monoisotopic (exact) mass is 419 g/mol. The molecule has 0 aliphatic heterocycles. The maximum Gasteiger partial charge on any atom is 0.251 e. The number of carbonyl (C=O) groups is 2. The van der Waals surface area contributed by atoms with E-state index in [-0.39, 0.29) is 18.4 Å². The fraction of sp³-hybridized carbons (Fsp3) is 0.292. The van der Waals surface area contributed by atoms with E-state index < -0.39 is 0 Å². The van der Waals surface area contributed by atoms with Crippen molar-refractivity contribution in [1.82, 2.24) is 20.0 Å². The second-order valence-corrected chi connectivity index (χ2v) is 7.79. The predicted octanol–water partition coefficient (Wildman–Crippen LogP) is 3.23. The van der Waals surface area contributed by atoms with Gasteiger partial charge >= 0.3 is 0 Å². The Morgan fingerprint density at radius 1 is 1.00 bits per heavy atom. The molecule has 3 aromatic rings. The molecule has 0 radical (unpaired) electrons. The molecule has 2 aromatic carbocycles. The second-order valence-electron chi connectivity index (χ2n) is 7.79. The zero-order valence-electron chi connectivity index (χ0n) is 18.7. The van der Waals surface area contributed by atoms with Crippen LogP contribution in [-0.2, 0) is 11.3 Å². The van der Waals surface area contributed by atoms with E-state index in [1.54, 1.807) is 19.2 Å². The Hall–Kier alpha value is -3.45. The lowest BCUT2D eigenvalue weighted by atomic mass is 10.1. The molecule has 1 aromatic heterocycles. The summed E-state index contributed by atoms with van der Waals surface area (Å²) in [5.74, 6) is -0.213. The van der Waals surface area contributed by atoms with Crippen LogP contribution in [0.3, 0.4) is 0 Å². The minimum absolute atomic E-state index is 0.0980. The summed E-state index contributed by atoms with van der Waals surface area (Å²) in [5.41, 5.74) is 6.20. The summed E-state index contributed by atoms with van der Waals surface area (Å²) >= 11 is 0. The first-order valence-electron chi connectivity index (χ1n) is 10.2. The fourth-order valence-electron chi connectivity index (χ4n) is 3.46. The quantitative estimate of drug-likeness (QED) is 0.616. The van der Waals surface area contributed by atoms with Crippen LogP contribution < -0.4 is 10.6 Å². The first kappa shape index (κ1) is 22.2. The number of anilines is 1. The molecule has 0 atom stereocenters. The minimum Gasteiger partial charge on any atom is -0.355 e. The van der Waals surface area contributed by atoms with Gasteiger partial charge in [-0.25, -0.2) is 4.68 Å². The normalized spacial score (nSPS) is 10.9. The molecule has 0 saturated heterocycles. The second kappa shape index (κ2) is 9.57. The number of rotatable bonds is 7. The number of benzene rings is 2. The molecular weight excluding hydrogens is 390 g/mol. The SMILES string of the molecule is CNC(=O)c1ccc(CN(C)CC(=O)Nc2c(C)nn(-c3ccc(C)cc3)c2C)cc1. The number of hydrogen-bond acceptors (Lipinski definition) is 4. The van der Waals surface area contributed by atoms with Gasteiger partial charge in [0.25, 0.3) is 5.91 Å². The highest BCUT2D eigenvalue weighted by molar-refractivity contribution is 5.94. The molecule has 0 unspecified atom stereocenters. The summed E-state index contributed by atoms with van der Waals surface area (Å²) in [7, 11) is 3.50. The van der Waals surface area contributed by atoms with Crippen molar-refractivity contribution in [2.75, 3.05) is 26.0 Å². The third-order valence-corrected chi connectivity index (χ3v) is 5.14. The van der Waals surface area contributed by atoms with Gasteiger partial charge in [0.05, 0.1) is 29.3 Å². The topological polar surface area (TPSA) is 79.3 Å². The summed E-state index contributed by atoms with van der Waals surface area (Å²) in [6.45, 7) is 6.73. The average molecular weight is 420 g/mol. The third-order valence-electron chi connectivity index (χ3n) is 5.14. The van der Waals surface area contributed by atoms with Crippen LogP contribution in [0.1, 0.15) is 32.9 Å². The molecule has 1 heterocycles. The van der Waals surface area contributed by atoms with Crippen LogP contribution in [-0.4, -0.2) is 47.1 Å². The number of aromatic nitrogens is 2. The molecule has 7 heteroatoms. The predicted molar refractivity (Wildman–Crippen MR) is 123 cm³/mol. The van der Waals surface area contributed by atoms with Gasteiger partial charge in [-0.3, -0.25) is 14.5 Å². The average Bonchev–Trinajstić information content (AvgIpc) is 3.02. The van der Waals surface area contributed by atoms with Gasteiger partial charge < -0.3 is 10.6 Å². The van der Waals surface area contributed by atoms with Gasteiger partial charge in [0.2, 0.25) is 5.91 Å². The first-order valence-corrected chi connectivity index (χ1v) is 10.2. The van der Waals surface area contributed by atoms with Crippen molar-refractivity contribution in [3.63, 3.8) is 0 Å². The van der Waals surface area contributed by atoms with Crippen LogP contribution in [0.5, 0.6) is 0 Å². The maximum absolute atomic E-state index is 12.6. The van der Waals surface area contributed by atoms with Crippen molar-refractivity contribution in [2.45, 2.75) is 27.3 Å². The van der Waals surface area contributed by atoms with E-state index in [4.69, 9.17) is 0 Å². The largest absolute Gasteiger partial charge is 0.355 e. The molecule has 0 bridgehead atoms. The third kappa shape index (κ3) is 5.38. The number of likely N-dealkylation sites (N-methyl/N-ethyl adjacent to an activating group) is 1. The van der Waals surface area contributed by atoms with Crippen molar-refractivity contribution < 1.29 is 9.59 Å². The summed E-state index contributed by atoms with van der Waals surface area (Å²) in [5, 5.41) is 10.2. The van der Waals surface area contributed by atoms with Crippen LogP contribution in [0.4, 0.5) is 5.69 Å². The number of carbonyl (C=O) groups excluding carboxylic acids is 2. The van der Waals surface area contributed by atoms with E-state index in [1.165, 1.54) is 5.56 Å². The zero-order chi connectivity index (χ0) is 22.5. The number of nitrogens with zero attached hydrogens (tertiary/aromatic N) is 3. The molecule has 0 saturated carbocycles. The van der Waals surface area contributed by atoms with Crippen LogP contribution in [0, 0.1) is 20.8 Å². The molecule has 31 heavy (non-hydrogen) atoms. The standard InChI is InChI=1S/C24H29N5O2/c1-16-6-12-21(13-7-16)29-18(3)23(17(2)27-29)26-22(30)15-28(5)14-19-8-10-20(11-9-19)24(31)25-4/h6-13H,14-15H2,1-5H3,(H,25,31)(H,26,30). The molecule has 3 rings (SSSR count). The summed E-state index contributed by atoms with van der Waals surface area (Å²) < 4.78 is 1.85. The van der Waals surface area contributed by atoms with Crippen LogP contribution in [0.15, 0.2) is 48.5 Å². The molecule has 0 aliphatic rings. The lowest BCUT2D eigenvalue weighted by Gasteiger charge is -2.17. The van der Waals surface area contributed by atoms with Crippen LogP contribution in [0.2, 0.25) is 0 Å². The summed E-state index contributed by atoms with van der Waals surface area (Å²) in [6, 6.07) is 15.5. The van der Waals surface area contributed by atoms with Crippen molar-refractivity contribution in [3.8, 4) is 5.69 Å². The van der Waals surface area contributed by atoms with Crippen molar-refractivity contribution in [3.05, 3.63) is 76.6 Å². The molecule has 0 spiro atoms. The van der Waals surface area contributed by atoms with E-state index >= 15 is 0 Å². The molecule has 7 nitrogen and oxygen atoms in total. The maximum atomic E-state index is 12.6. The Morgan fingerprint density at radius 2 is 1.65 bits per heavy atom. The highest BCUT2D eigenvalue weighted by atomic mass is 16.2. The Morgan fingerprint density at radius 3 is 2.26 bits per heavy atom. The van der Waals surface area contributed by atoms with E-state index in [0.29, 0.717) is 12.1 Å². The number of nitrogens with one attached hydrogen (secondary N) is 2. The number of aryl methyl sites for hydroxylation is 2. The van der Waals surface area contributed by atoms with E-state index in [2.05, 4.69) is 15.7 Å². The molecule has 0 fully saturated rings. The Balaban J connectivity index is 1.62. The molecular formula is C24H29N5O2. The highest BCUT2D eigenvalue weighted by Gasteiger charge is 2.16. The van der Waals surface area contributed by atoms with Gasteiger partial charge in [0.15, 0.2) is 0 Å². The zero-order valence-corrected chi connectivity index (χ0v) is 18.7. The lowest BCUT2D eigenvalue weighted by Crippen LogP contribution is -2.30. The van der Waals surface area contributed by atoms with Gasteiger partial charge in [-0.2, -0.15) is 5.10 Å². The Bertz CT molecular complexity index is 1070. The van der Waals surface area contributed by atoms with E-state index in [1.807, 2.05) is 73.8 Å². The van der Waals surface area contributed by atoms with Gasteiger partial charge in [0.1, 0.15) is 0 Å². The Kier molecular flexibility index (Phi) is 6.87. The van der Waals surface area contributed by atoms with Gasteiger partial charge in [0, 0.05) is 19.2 Å². The molecule has 2 amide bonds. The minimum atomic E-state index is -0.115. The fourth-order valence-corrected chi connectivity index (χ4v) is 3.46. The van der Waals surface area contributed by atoms with Gasteiger partial charge in [-0.05, 0) is 57.6 Å². The van der Waals surface area contributed by atoms with Crippen molar-refractivity contribution in [2.24, 2.45) is 0 Å². The summed E-state index contributed by atoms with van der Waals surface area (Å²) in [6.07, 6.45) is 0. The first-order chi connectivity index (χ1) is 14.8. The Labute approximate surface area is 183 Å². The van der Waals surface area contributed by atoms with Crippen LogP contribution in [0.25, 0.3) is 5.69 Å². The highest BCUT2D eigenvalue weighted by Crippen LogP contribution is 2.23. The smallest absolute Gasteiger partial charge is 0.251 e. The number of hydrogen-bond donors (Lipinski definition) is 2. The number of amides is 2. The molecule has 2 N–H and O–H groups in total. The van der Waals surface area contributed by atoms with Gasteiger partial charge in [-0.1, -0.05) is 29.8 Å². The van der Waals surface area contributed by atoms with E-state index in [0.717, 1.165) is 28.3 Å². The van der Waals surface area contributed by atoms with Crippen molar-refractivity contribution in [1.29, 1.82) is 0 Å². The van der Waals surface area contributed by atoms with Crippen molar-refractivity contribution >= 4 is 17.5 Å². The molecule has 162 valence electrons. The van der Waals surface area contributed by atoms with Gasteiger partial charge in [-0.15, -0.1) is 0 Å². The van der Waals surface area contributed by atoms with Crippen LogP contribution >= 0.6 is 0 Å². The summed E-state index contributed by atoms with van der Waals surface area (Å²) in [4.78, 5) is 26.2.